The summed E-state index contributed by atoms with van der Waals surface area (Å²) in [6.07, 6.45) is 0.871. The molecular formula is C31H34N4O6S. The lowest BCUT2D eigenvalue weighted by Gasteiger charge is -2.35. The van der Waals surface area contributed by atoms with Crippen LogP contribution in [0, 0.1) is 0 Å². The summed E-state index contributed by atoms with van der Waals surface area (Å²) in [4.78, 5) is 40.6. The molecule has 42 heavy (non-hydrogen) atoms. The zero-order chi connectivity index (χ0) is 29.7. The minimum Gasteiger partial charge on any atom is -0.489 e. The van der Waals surface area contributed by atoms with Gasteiger partial charge in [-0.1, -0.05) is 43.3 Å². The van der Waals surface area contributed by atoms with Crippen molar-refractivity contribution in [1.82, 2.24) is 14.5 Å². The van der Waals surface area contributed by atoms with Crippen molar-refractivity contribution in [3.05, 3.63) is 89.5 Å². The molecular weight excluding hydrogens is 556 g/mol. The number of para-hydroxylation sites is 1. The predicted molar refractivity (Wildman–Crippen MR) is 157 cm³/mol. The van der Waals surface area contributed by atoms with Gasteiger partial charge in [-0.25, -0.2) is 8.42 Å². The highest BCUT2D eigenvalue weighted by atomic mass is 32.2. The van der Waals surface area contributed by atoms with Gasteiger partial charge in [0.2, 0.25) is 21.8 Å². The molecule has 0 radical (unpaired) electrons. The van der Waals surface area contributed by atoms with Crippen LogP contribution in [0.1, 0.15) is 41.3 Å². The molecule has 0 unspecified atom stereocenters. The van der Waals surface area contributed by atoms with Gasteiger partial charge in [0.1, 0.15) is 18.9 Å². The van der Waals surface area contributed by atoms with Crippen LogP contribution in [0.3, 0.4) is 0 Å². The van der Waals surface area contributed by atoms with Gasteiger partial charge < -0.3 is 14.5 Å². The highest BCUT2D eigenvalue weighted by Crippen LogP contribution is 2.31. The smallest absolute Gasteiger partial charge is 0.255 e. The number of nitrogens with zero attached hydrogens (tertiary/aromatic N) is 3. The standard InChI is InChI=1S/C31H34N4O6S/c1-2-7-29(36)32-30(37)21-34-20-27-26(31(34)38)10-6-11-28(27)41-22-23-12-14-25(15-13-23)42(39,40)35-18-16-33(17-19-35)24-8-4-3-5-9-24/h3-6,8-15H,2,7,16-22H2,1H3,(H,32,36,37). The van der Waals surface area contributed by atoms with E-state index in [9.17, 15) is 22.8 Å². The molecule has 2 aliphatic rings. The van der Waals surface area contributed by atoms with E-state index in [1.165, 1.54) is 9.21 Å². The van der Waals surface area contributed by atoms with Gasteiger partial charge in [-0.15, -0.1) is 0 Å². The Balaban J connectivity index is 1.17. The highest BCUT2D eigenvalue weighted by molar-refractivity contribution is 7.89. The Hall–Kier alpha value is -4.22. The van der Waals surface area contributed by atoms with E-state index in [0.717, 1.165) is 11.3 Å². The zero-order valence-corrected chi connectivity index (χ0v) is 24.3. The van der Waals surface area contributed by atoms with E-state index < -0.39 is 15.9 Å². The van der Waals surface area contributed by atoms with Crippen molar-refractivity contribution in [3.63, 3.8) is 0 Å². The molecule has 5 rings (SSSR count). The molecule has 3 aromatic carbocycles. The molecule has 0 aliphatic carbocycles. The van der Waals surface area contributed by atoms with Gasteiger partial charge in [-0.05, 0) is 48.4 Å². The summed E-state index contributed by atoms with van der Waals surface area (Å²) in [6, 6.07) is 21.8. The van der Waals surface area contributed by atoms with Gasteiger partial charge in [-0.3, -0.25) is 19.7 Å². The molecule has 11 heteroatoms. The van der Waals surface area contributed by atoms with E-state index in [1.807, 2.05) is 37.3 Å². The van der Waals surface area contributed by atoms with Gasteiger partial charge in [0.25, 0.3) is 5.91 Å². The van der Waals surface area contributed by atoms with Gasteiger partial charge in [0.15, 0.2) is 0 Å². The van der Waals surface area contributed by atoms with E-state index in [1.54, 1.807) is 42.5 Å². The fourth-order valence-electron chi connectivity index (χ4n) is 5.18. The number of piperazine rings is 1. The number of carbonyl (C=O) groups is 3. The monoisotopic (exact) mass is 590 g/mol. The maximum absolute atomic E-state index is 13.3. The van der Waals surface area contributed by atoms with Gasteiger partial charge in [0, 0.05) is 49.4 Å². The normalized spacial score (nSPS) is 15.4. The van der Waals surface area contributed by atoms with Crippen LogP contribution in [0.15, 0.2) is 77.7 Å². The molecule has 0 spiro atoms. The summed E-state index contributed by atoms with van der Waals surface area (Å²) < 4.78 is 34.1. The maximum Gasteiger partial charge on any atom is 0.255 e. The molecule has 0 aromatic heterocycles. The quantitative estimate of drug-likeness (QED) is 0.386. The third kappa shape index (κ3) is 6.47. The molecule has 2 aliphatic heterocycles. The van der Waals surface area contributed by atoms with Gasteiger partial charge in [0.05, 0.1) is 11.4 Å². The molecule has 0 saturated carbocycles. The largest absolute Gasteiger partial charge is 0.489 e. The second-order valence-corrected chi connectivity index (χ2v) is 12.3. The lowest BCUT2D eigenvalue weighted by molar-refractivity contribution is -0.130. The first-order valence-corrected chi connectivity index (χ1v) is 15.5. The summed E-state index contributed by atoms with van der Waals surface area (Å²) in [6.45, 7) is 4.05. The molecule has 0 bridgehead atoms. The van der Waals surface area contributed by atoms with Crippen molar-refractivity contribution in [1.29, 1.82) is 0 Å². The molecule has 3 amide bonds. The second kappa shape index (κ2) is 12.7. The number of ether oxygens (including phenoxy) is 1. The van der Waals surface area contributed by atoms with E-state index in [2.05, 4.69) is 10.2 Å². The van der Waals surface area contributed by atoms with E-state index in [0.29, 0.717) is 49.5 Å². The Morgan fingerprint density at radius 1 is 0.881 bits per heavy atom. The summed E-state index contributed by atoms with van der Waals surface area (Å²) in [5.74, 6) is -0.670. The molecule has 3 aromatic rings. The molecule has 10 nitrogen and oxygen atoms in total. The molecule has 2 heterocycles. The number of sulfonamides is 1. The molecule has 1 N–H and O–H groups in total. The average Bonchev–Trinajstić information content (AvgIpc) is 3.32. The van der Waals surface area contributed by atoms with Crippen LogP contribution >= 0.6 is 0 Å². The van der Waals surface area contributed by atoms with Crippen LogP contribution in [-0.2, 0) is 32.8 Å². The van der Waals surface area contributed by atoms with Crippen LogP contribution in [0.4, 0.5) is 5.69 Å². The first-order valence-electron chi connectivity index (χ1n) is 14.0. The Bertz CT molecular complexity index is 1550. The van der Waals surface area contributed by atoms with Crippen molar-refractivity contribution >= 4 is 33.4 Å². The molecule has 220 valence electrons. The molecule has 0 atom stereocenters. The van der Waals surface area contributed by atoms with E-state index >= 15 is 0 Å². The Kier molecular flexibility index (Phi) is 8.89. The van der Waals surface area contributed by atoms with Crippen molar-refractivity contribution in [2.45, 2.75) is 37.8 Å². The van der Waals surface area contributed by atoms with Gasteiger partial charge >= 0.3 is 0 Å². The highest BCUT2D eigenvalue weighted by Gasteiger charge is 2.32. The summed E-state index contributed by atoms with van der Waals surface area (Å²) in [5, 5.41) is 2.31. The summed E-state index contributed by atoms with van der Waals surface area (Å²) in [5.41, 5.74) is 2.98. The van der Waals surface area contributed by atoms with Crippen LogP contribution in [0.5, 0.6) is 5.75 Å². The summed E-state index contributed by atoms with van der Waals surface area (Å²) >= 11 is 0. The number of fused-ring (bicyclic) bond motifs is 1. The Labute approximate surface area is 245 Å². The minimum atomic E-state index is -3.62. The fraction of sp³-hybridized carbons (Fsp3) is 0.323. The van der Waals surface area contributed by atoms with Crippen molar-refractivity contribution in [2.24, 2.45) is 0 Å². The average molecular weight is 591 g/mol. The van der Waals surface area contributed by atoms with Crippen LogP contribution in [0.25, 0.3) is 0 Å². The topological polar surface area (TPSA) is 116 Å². The third-order valence-corrected chi connectivity index (χ3v) is 9.32. The minimum absolute atomic E-state index is 0.173. The van der Waals surface area contributed by atoms with Gasteiger partial charge in [-0.2, -0.15) is 4.31 Å². The van der Waals surface area contributed by atoms with Crippen molar-refractivity contribution < 1.29 is 27.5 Å². The zero-order valence-electron chi connectivity index (χ0n) is 23.5. The Morgan fingerprint density at radius 2 is 1.60 bits per heavy atom. The first kappa shape index (κ1) is 29.3. The number of benzene rings is 3. The third-order valence-electron chi connectivity index (χ3n) is 7.41. The number of hydrogen-bond acceptors (Lipinski definition) is 7. The van der Waals surface area contributed by atoms with Crippen LogP contribution < -0.4 is 15.0 Å². The number of carbonyl (C=O) groups excluding carboxylic acids is 3. The first-order chi connectivity index (χ1) is 20.3. The second-order valence-electron chi connectivity index (χ2n) is 10.3. The Morgan fingerprint density at radius 3 is 2.29 bits per heavy atom. The lowest BCUT2D eigenvalue weighted by atomic mass is 10.1. The predicted octanol–water partition coefficient (Wildman–Crippen LogP) is 3.18. The molecule has 1 fully saturated rings. The SMILES string of the molecule is CCCC(=O)NC(=O)CN1Cc2c(OCc3ccc(S(=O)(=O)N4CCN(c5ccccc5)CC4)cc3)cccc2C1=O. The molecule has 1 saturated heterocycles. The van der Waals surface area contributed by atoms with Crippen molar-refractivity contribution in [2.75, 3.05) is 37.6 Å². The fourth-order valence-corrected chi connectivity index (χ4v) is 6.60. The number of hydrogen-bond donors (Lipinski definition) is 1. The summed E-state index contributed by atoms with van der Waals surface area (Å²) in [7, 11) is -3.62. The number of nitrogens with one attached hydrogen (secondary N) is 1. The van der Waals surface area contributed by atoms with Crippen LogP contribution in [0.2, 0.25) is 0 Å². The number of imide groups is 1. The van der Waals surface area contributed by atoms with Crippen molar-refractivity contribution in [3.8, 4) is 5.75 Å². The van der Waals surface area contributed by atoms with E-state index in [4.69, 9.17) is 4.74 Å². The number of amides is 3. The number of anilines is 1. The van der Waals surface area contributed by atoms with E-state index in [-0.39, 0.29) is 42.8 Å². The lowest BCUT2D eigenvalue weighted by Crippen LogP contribution is -2.48. The van der Waals surface area contributed by atoms with Crippen LogP contribution in [-0.4, -0.2) is 68.1 Å². The maximum atomic E-state index is 13.3. The number of rotatable bonds is 10.